The predicted molar refractivity (Wildman–Crippen MR) is 164 cm³/mol. The first kappa shape index (κ1) is 29.9. The molecule has 1 heterocycles. The maximum Gasteiger partial charge on any atom is 0.261 e. The molecule has 2 N–H and O–H groups in total. The second-order valence-electron chi connectivity index (χ2n) is 10.9. The summed E-state index contributed by atoms with van der Waals surface area (Å²) in [6, 6.07) is 33.9. The second kappa shape index (κ2) is 13.2. The van der Waals surface area contributed by atoms with E-state index >= 15 is 0 Å². The topological polar surface area (TPSA) is 88.1 Å². The van der Waals surface area contributed by atoms with Crippen molar-refractivity contribution in [2.45, 2.75) is 49.9 Å². The van der Waals surface area contributed by atoms with Crippen LogP contribution in [0.1, 0.15) is 54.5 Å². The zero-order chi connectivity index (χ0) is 29.7. The maximum absolute atomic E-state index is 12.8. The molecule has 1 aliphatic rings. The fourth-order valence-corrected chi connectivity index (χ4v) is 6.36. The van der Waals surface area contributed by atoms with E-state index in [4.69, 9.17) is 9.47 Å². The monoisotopic (exact) mass is 586 g/mol. The Hall–Kier alpha value is -3.53. The van der Waals surface area contributed by atoms with Crippen molar-refractivity contribution >= 4 is 15.7 Å². The first-order chi connectivity index (χ1) is 20.2. The molecule has 1 saturated heterocycles. The summed E-state index contributed by atoms with van der Waals surface area (Å²) >= 11 is 0. The van der Waals surface area contributed by atoms with Crippen molar-refractivity contribution in [1.29, 1.82) is 0 Å². The molecular weight excluding hydrogens is 548 g/mol. The lowest BCUT2D eigenvalue weighted by molar-refractivity contribution is -0.276. The number of anilines is 1. The van der Waals surface area contributed by atoms with Crippen molar-refractivity contribution in [1.82, 2.24) is 4.90 Å². The molecule has 0 radical (unpaired) electrons. The van der Waals surface area contributed by atoms with Crippen molar-refractivity contribution in [3.05, 3.63) is 131 Å². The van der Waals surface area contributed by atoms with Gasteiger partial charge in [0, 0.05) is 29.8 Å². The number of benzene rings is 4. The van der Waals surface area contributed by atoms with Crippen LogP contribution >= 0.6 is 0 Å². The Labute approximate surface area is 248 Å². The molecule has 220 valence electrons. The highest BCUT2D eigenvalue weighted by Gasteiger charge is 2.39. The number of hydrogen-bond donors (Lipinski definition) is 2. The van der Waals surface area contributed by atoms with Gasteiger partial charge in [-0.15, -0.1) is 0 Å². The van der Waals surface area contributed by atoms with Gasteiger partial charge in [0.15, 0.2) is 6.29 Å². The highest BCUT2D eigenvalue weighted by molar-refractivity contribution is 7.92. The van der Waals surface area contributed by atoms with Gasteiger partial charge in [0.1, 0.15) is 0 Å². The SMILES string of the molecule is C[C@@H]1[C@H](CN(C)[C@@H](C)c2ccccc2)O[C@H](c2ccc(NS(=O)(=O)c3ccccc3)cc2)O[C@@H]1c1ccc(CO)cc1. The Bertz CT molecular complexity index is 1530. The molecule has 1 aliphatic heterocycles. The normalized spacial score (nSPS) is 21.6. The number of rotatable bonds is 10. The van der Waals surface area contributed by atoms with E-state index in [9.17, 15) is 13.5 Å². The number of likely N-dealkylation sites (N-methyl/N-ethyl adjacent to an activating group) is 1. The van der Waals surface area contributed by atoms with Crippen molar-refractivity contribution in [2.75, 3.05) is 18.3 Å². The molecule has 0 saturated carbocycles. The van der Waals surface area contributed by atoms with Crippen LogP contribution in [0.5, 0.6) is 0 Å². The van der Waals surface area contributed by atoms with Gasteiger partial charge in [0.05, 0.1) is 23.7 Å². The van der Waals surface area contributed by atoms with Crippen LogP contribution in [0.25, 0.3) is 0 Å². The van der Waals surface area contributed by atoms with Crippen LogP contribution in [0.2, 0.25) is 0 Å². The van der Waals surface area contributed by atoms with E-state index in [0.29, 0.717) is 12.2 Å². The third-order valence-corrected chi connectivity index (χ3v) is 9.42. The van der Waals surface area contributed by atoms with Crippen LogP contribution in [0.15, 0.2) is 114 Å². The van der Waals surface area contributed by atoms with E-state index in [1.54, 1.807) is 42.5 Å². The molecule has 1 fully saturated rings. The minimum atomic E-state index is -3.70. The summed E-state index contributed by atoms with van der Waals surface area (Å²) in [4.78, 5) is 2.50. The van der Waals surface area contributed by atoms with Gasteiger partial charge in [-0.3, -0.25) is 9.62 Å². The fraction of sp³-hybridized carbons (Fsp3) is 0.294. The van der Waals surface area contributed by atoms with Crippen molar-refractivity contribution < 1.29 is 23.0 Å². The van der Waals surface area contributed by atoms with E-state index in [0.717, 1.165) is 16.7 Å². The number of hydrogen-bond acceptors (Lipinski definition) is 6. The van der Waals surface area contributed by atoms with Crippen LogP contribution in [0.4, 0.5) is 5.69 Å². The Morgan fingerprint density at radius 2 is 1.43 bits per heavy atom. The van der Waals surface area contributed by atoms with Crippen LogP contribution < -0.4 is 4.72 Å². The molecule has 4 aromatic rings. The average molecular weight is 587 g/mol. The molecule has 0 spiro atoms. The highest BCUT2D eigenvalue weighted by Crippen LogP contribution is 2.42. The van der Waals surface area contributed by atoms with E-state index in [2.05, 4.69) is 54.8 Å². The van der Waals surface area contributed by atoms with Crippen molar-refractivity contribution in [2.24, 2.45) is 5.92 Å². The smallest absolute Gasteiger partial charge is 0.261 e. The molecular formula is C34H38N2O5S. The van der Waals surface area contributed by atoms with Gasteiger partial charge in [-0.05, 0) is 54.9 Å². The molecule has 0 aromatic heterocycles. The lowest BCUT2D eigenvalue weighted by Crippen LogP contribution is -2.44. The Morgan fingerprint density at radius 1 is 0.833 bits per heavy atom. The number of aliphatic hydroxyl groups is 1. The average Bonchev–Trinajstić information content (AvgIpc) is 3.03. The van der Waals surface area contributed by atoms with Gasteiger partial charge in [-0.1, -0.05) is 91.9 Å². The molecule has 42 heavy (non-hydrogen) atoms. The molecule has 0 unspecified atom stereocenters. The van der Waals surface area contributed by atoms with Gasteiger partial charge in [0.2, 0.25) is 0 Å². The fourth-order valence-electron chi connectivity index (χ4n) is 5.28. The molecule has 0 amide bonds. The third-order valence-electron chi connectivity index (χ3n) is 8.02. The molecule has 5 rings (SSSR count). The van der Waals surface area contributed by atoms with Gasteiger partial charge in [-0.25, -0.2) is 8.42 Å². The number of nitrogens with zero attached hydrogens (tertiary/aromatic N) is 1. The van der Waals surface area contributed by atoms with E-state index in [-0.39, 0.29) is 35.7 Å². The Kier molecular flexibility index (Phi) is 9.40. The molecule has 5 atom stereocenters. The minimum Gasteiger partial charge on any atom is -0.392 e. The maximum atomic E-state index is 12.8. The van der Waals surface area contributed by atoms with E-state index in [1.165, 1.54) is 5.56 Å². The number of ether oxygens (including phenoxy) is 2. The van der Waals surface area contributed by atoms with Gasteiger partial charge < -0.3 is 14.6 Å². The zero-order valence-corrected chi connectivity index (χ0v) is 24.9. The van der Waals surface area contributed by atoms with Crippen LogP contribution in [-0.2, 0) is 26.1 Å². The minimum absolute atomic E-state index is 0.0156. The molecule has 7 nitrogen and oxygen atoms in total. The lowest BCUT2D eigenvalue weighted by atomic mass is 9.89. The van der Waals surface area contributed by atoms with Crippen molar-refractivity contribution in [3.63, 3.8) is 0 Å². The number of aliphatic hydroxyl groups excluding tert-OH is 1. The summed E-state index contributed by atoms with van der Waals surface area (Å²) in [6.07, 6.45) is -1.02. The third kappa shape index (κ3) is 6.91. The largest absolute Gasteiger partial charge is 0.392 e. The molecule has 8 heteroatoms. The van der Waals surface area contributed by atoms with Crippen LogP contribution in [-0.4, -0.2) is 38.1 Å². The lowest BCUT2D eigenvalue weighted by Gasteiger charge is -2.43. The summed E-state index contributed by atoms with van der Waals surface area (Å²) in [7, 11) is -1.59. The van der Waals surface area contributed by atoms with Gasteiger partial charge >= 0.3 is 0 Å². The summed E-state index contributed by atoms with van der Waals surface area (Å²) in [5.74, 6) is 0.0450. The second-order valence-corrected chi connectivity index (χ2v) is 12.6. The summed E-state index contributed by atoms with van der Waals surface area (Å²) in [5.41, 5.74) is 4.35. The summed E-state index contributed by atoms with van der Waals surface area (Å²) in [5, 5.41) is 9.53. The molecule has 0 aliphatic carbocycles. The summed E-state index contributed by atoms with van der Waals surface area (Å²) in [6.45, 7) is 5.01. The molecule has 0 bridgehead atoms. The number of sulfonamides is 1. The van der Waals surface area contributed by atoms with Gasteiger partial charge in [-0.2, -0.15) is 0 Å². The quantitative estimate of drug-likeness (QED) is 0.222. The van der Waals surface area contributed by atoms with Gasteiger partial charge in [0.25, 0.3) is 10.0 Å². The Balaban J connectivity index is 1.37. The first-order valence-electron chi connectivity index (χ1n) is 14.2. The van der Waals surface area contributed by atoms with E-state index < -0.39 is 16.3 Å². The molecule has 4 aromatic carbocycles. The number of nitrogens with one attached hydrogen (secondary N) is 1. The Morgan fingerprint density at radius 3 is 2.05 bits per heavy atom. The zero-order valence-electron chi connectivity index (χ0n) is 24.1. The first-order valence-corrected chi connectivity index (χ1v) is 15.7. The van der Waals surface area contributed by atoms with Crippen LogP contribution in [0.3, 0.4) is 0 Å². The predicted octanol–water partition coefficient (Wildman–Crippen LogP) is 6.46. The highest BCUT2D eigenvalue weighted by atomic mass is 32.2. The van der Waals surface area contributed by atoms with E-state index in [1.807, 2.05) is 42.5 Å². The standard InChI is InChI=1S/C34H38N2O5S/c1-24-32(22-36(3)25(2)27-10-6-4-7-11-27)40-34(41-33(24)28-16-14-26(23-37)15-17-28)29-18-20-30(21-19-29)35-42(38,39)31-12-8-5-9-13-31/h4-21,24-25,32-35,37H,22-23H2,1-3H3/t24-,25+,32+,33+,34+/m1/s1. The van der Waals surface area contributed by atoms with Crippen molar-refractivity contribution in [3.8, 4) is 0 Å². The van der Waals surface area contributed by atoms with Crippen LogP contribution in [0, 0.1) is 5.92 Å². The summed E-state index contributed by atoms with van der Waals surface area (Å²) < 4.78 is 41.4.